The van der Waals surface area contributed by atoms with Gasteiger partial charge in [0.25, 0.3) is 0 Å². The van der Waals surface area contributed by atoms with Gasteiger partial charge in [-0.1, -0.05) is 13.8 Å². The Labute approximate surface area is 107 Å². The van der Waals surface area contributed by atoms with E-state index >= 15 is 0 Å². The van der Waals surface area contributed by atoms with Crippen LogP contribution in [0.25, 0.3) is 0 Å². The summed E-state index contributed by atoms with van der Waals surface area (Å²) in [6.07, 6.45) is 5.33. The second-order valence-corrected chi connectivity index (χ2v) is 4.27. The number of hydrogen-bond donors (Lipinski definition) is 3. The number of rotatable bonds is 5. The second kappa shape index (κ2) is 5.12. The van der Waals surface area contributed by atoms with Crippen molar-refractivity contribution in [1.82, 2.24) is 19.7 Å². The monoisotopic (exact) mass is 248 g/mol. The normalized spacial score (nSPS) is 12.6. The Morgan fingerprint density at radius 1 is 1.50 bits per heavy atom. The van der Waals surface area contributed by atoms with Gasteiger partial charge in [-0.3, -0.25) is 4.68 Å². The Balaban J connectivity index is 2.25. The highest BCUT2D eigenvalue weighted by molar-refractivity contribution is 5.65. The topological polar surface area (TPSA) is 84.5 Å². The zero-order valence-corrected chi connectivity index (χ0v) is 11.1. The van der Waals surface area contributed by atoms with E-state index in [0.717, 1.165) is 35.9 Å². The molecule has 0 aliphatic carbocycles. The van der Waals surface area contributed by atoms with Crippen LogP contribution in [0.3, 0.4) is 0 Å². The van der Waals surface area contributed by atoms with E-state index in [1.165, 1.54) is 0 Å². The summed E-state index contributed by atoms with van der Waals surface area (Å²) in [7, 11) is 1.90. The van der Waals surface area contributed by atoms with E-state index in [2.05, 4.69) is 27.3 Å². The van der Waals surface area contributed by atoms with Crippen LogP contribution in [0.5, 0.6) is 0 Å². The third kappa shape index (κ3) is 2.18. The Morgan fingerprint density at radius 3 is 2.78 bits per heavy atom. The lowest BCUT2D eigenvalue weighted by atomic mass is 10.2. The molecule has 2 heterocycles. The molecule has 0 aliphatic heterocycles. The Kier molecular flexibility index (Phi) is 3.55. The van der Waals surface area contributed by atoms with Crippen LogP contribution in [0.1, 0.15) is 37.8 Å². The van der Waals surface area contributed by atoms with Gasteiger partial charge in [-0.2, -0.15) is 5.10 Å². The summed E-state index contributed by atoms with van der Waals surface area (Å²) >= 11 is 0. The molecule has 0 saturated carbocycles. The van der Waals surface area contributed by atoms with Crippen LogP contribution in [0.4, 0.5) is 11.5 Å². The van der Waals surface area contributed by atoms with Crippen LogP contribution in [0.15, 0.2) is 12.4 Å². The maximum atomic E-state index is 6.09. The van der Waals surface area contributed by atoms with Gasteiger partial charge in [0.1, 0.15) is 11.6 Å². The number of aryl methyl sites for hydroxylation is 2. The number of aromatic amines is 1. The van der Waals surface area contributed by atoms with Gasteiger partial charge in [-0.25, -0.2) is 4.98 Å². The van der Waals surface area contributed by atoms with Crippen molar-refractivity contribution in [2.45, 2.75) is 32.7 Å². The van der Waals surface area contributed by atoms with Gasteiger partial charge < -0.3 is 16.0 Å². The van der Waals surface area contributed by atoms with Crippen LogP contribution in [0, 0.1) is 0 Å². The Hall–Kier alpha value is -1.98. The molecule has 0 aliphatic rings. The summed E-state index contributed by atoms with van der Waals surface area (Å²) in [4.78, 5) is 7.41. The summed E-state index contributed by atoms with van der Waals surface area (Å²) in [6.45, 7) is 4.15. The fraction of sp³-hybridized carbons (Fsp3) is 0.500. The minimum absolute atomic E-state index is 0.113. The number of nitrogens with zero attached hydrogens (tertiary/aromatic N) is 3. The molecule has 0 fully saturated rings. The number of nitrogens with one attached hydrogen (secondary N) is 2. The molecular formula is C12H20N6. The van der Waals surface area contributed by atoms with Crippen molar-refractivity contribution in [3.05, 3.63) is 23.9 Å². The minimum Gasteiger partial charge on any atom is -0.394 e. The lowest BCUT2D eigenvalue weighted by molar-refractivity contribution is 0.676. The van der Waals surface area contributed by atoms with E-state index in [-0.39, 0.29) is 6.04 Å². The molecule has 4 N–H and O–H groups in total. The number of imidazole rings is 1. The van der Waals surface area contributed by atoms with Gasteiger partial charge in [0.15, 0.2) is 0 Å². The molecule has 2 rings (SSSR count). The molecule has 0 saturated heterocycles. The second-order valence-electron chi connectivity index (χ2n) is 4.27. The van der Waals surface area contributed by atoms with Crippen molar-refractivity contribution in [1.29, 1.82) is 0 Å². The summed E-state index contributed by atoms with van der Waals surface area (Å²) in [5.74, 6) is 1.77. The summed E-state index contributed by atoms with van der Waals surface area (Å²) in [6, 6.07) is 0.113. The number of hydrogen-bond acceptors (Lipinski definition) is 4. The van der Waals surface area contributed by atoms with Crippen molar-refractivity contribution < 1.29 is 0 Å². The highest BCUT2D eigenvalue weighted by Gasteiger charge is 2.17. The molecular weight excluding hydrogens is 228 g/mol. The molecule has 0 amide bonds. The largest absolute Gasteiger partial charge is 0.394 e. The summed E-state index contributed by atoms with van der Waals surface area (Å²) in [5, 5.41) is 7.80. The highest BCUT2D eigenvalue weighted by Crippen LogP contribution is 2.27. The van der Waals surface area contributed by atoms with Gasteiger partial charge in [0, 0.05) is 19.4 Å². The van der Waals surface area contributed by atoms with Crippen LogP contribution in [-0.4, -0.2) is 19.7 Å². The SMILES string of the molecule is CCc1nn(C)c(NC(CC)c2ncc[nH]2)c1N. The molecule has 6 heteroatoms. The number of nitrogen functional groups attached to an aromatic ring is 1. The molecule has 0 aromatic carbocycles. The summed E-state index contributed by atoms with van der Waals surface area (Å²) < 4.78 is 1.79. The zero-order chi connectivity index (χ0) is 13.1. The van der Waals surface area contributed by atoms with E-state index in [4.69, 9.17) is 5.73 Å². The van der Waals surface area contributed by atoms with Crippen LogP contribution in [-0.2, 0) is 13.5 Å². The average molecular weight is 248 g/mol. The molecule has 2 aromatic rings. The first-order valence-corrected chi connectivity index (χ1v) is 6.24. The van der Waals surface area contributed by atoms with Gasteiger partial charge in [0.05, 0.1) is 17.4 Å². The van der Waals surface area contributed by atoms with E-state index in [1.807, 2.05) is 20.2 Å². The molecule has 6 nitrogen and oxygen atoms in total. The maximum absolute atomic E-state index is 6.09. The molecule has 0 bridgehead atoms. The third-order valence-electron chi connectivity index (χ3n) is 3.06. The van der Waals surface area contributed by atoms with Crippen LogP contribution >= 0.6 is 0 Å². The van der Waals surface area contributed by atoms with Gasteiger partial charge in [0.2, 0.25) is 0 Å². The third-order valence-corrected chi connectivity index (χ3v) is 3.06. The number of aromatic nitrogens is 4. The quantitative estimate of drug-likeness (QED) is 0.754. The predicted molar refractivity (Wildman–Crippen MR) is 72.2 cm³/mol. The van der Waals surface area contributed by atoms with E-state index in [9.17, 15) is 0 Å². The predicted octanol–water partition coefficient (Wildman–Crippen LogP) is 1.85. The Bertz CT molecular complexity index is 499. The van der Waals surface area contributed by atoms with Crippen molar-refractivity contribution >= 4 is 11.5 Å². The number of nitrogens with two attached hydrogens (primary N) is 1. The van der Waals surface area contributed by atoms with Crippen molar-refractivity contribution in [3.8, 4) is 0 Å². The molecule has 1 unspecified atom stereocenters. The minimum atomic E-state index is 0.113. The van der Waals surface area contributed by atoms with E-state index in [1.54, 1.807) is 10.9 Å². The molecule has 0 radical (unpaired) electrons. The first-order chi connectivity index (χ1) is 8.67. The standard InChI is InChI=1S/C12H20N6/c1-4-8-10(13)12(18(3)17-8)16-9(5-2)11-14-6-7-15-11/h6-7,9,16H,4-5,13H2,1-3H3,(H,14,15). The van der Waals surface area contributed by atoms with Crippen molar-refractivity contribution in [2.24, 2.45) is 7.05 Å². The van der Waals surface area contributed by atoms with Crippen molar-refractivity contribution in [3.63, 3.8) is 0 Å². The molecule has 0 spiro atoms. The average Bonchev–Trinajstić information content (AvgIpc) is 2.97. The Morgan fingerprint density at radius 2 is 2.28 bits per heavy atom. The number of H-pyrrole nitrogens is 1. The van der Waals surface area contributed by atoms with Gasteiger partial charge in [-0.05, 0) is 12.8 Å². The fourth-order valence-electron chi connectivity index (χ4n) is 2.03. The van der Waals surface area contributed by atoms with Crippen molar-refractivity contribution in [2.75, 3.05) is 11.1 Å². The molecule has 2 aromatic heterocycles. The van der Waals surface area contributed by atoms with Gasteiger partial charge in [-0.15, -0.1) is 0 Å². The first kappa shape index (κ1) is 12.5. The van der Waals surface area contributed by atoms with E-state index < -0.39 is 0 Å². The van der Waals surface area contributed by atoms with Crippen LogP contribution in [0.2, 0.25) is 0 Å². The van der Waals surface area contributed by atoms with Crippen LogP contribution < -0.4 is 11.1 Å². The maximum Gasteiger partial charge on any atom is 0.148 e. The molecule has 18 heavy (non-hydrogen) atoms. The van der Waals surface area contributed by atoms with Gasteiger partial charge >= 0.3 is 0 Å². The molecule has 98 valence electrons. The lowest BCUT2D eigenvalue weighted by Crippen LogP contribution is -2.14. The first-order valence-electron chi connectivity index (χ1n) is 6.24. The summed E-state index contributed by atoms with van der Waals surface area (Å²) in [5.41, 5.74) is 7.75. The molecule has 1 atom stereocenters. The van der Waals surface area contributed by atoms with E-state index in [0.29, 0.717) is 0 Å². The zero-order valence-electron chi connectivity index (χ0n) is 11.1. The smallest absolute Gasteiger partial charge is 0.148 e. The fourth-order valence-corrected chi connectivity index (χ4v) is 2.03. The lowest BCUT2D eigenvalue weighted by Gasteiger charge is -2.16. The highest BCUT2D eigenvalue weighted by atomic mass is 15.3. The number of anilines is 2.